The maximum atomic E-state index is 11.8. The summed E-state index contributed by atoms with van der Waals surface area (Å²) < 4.78 is 5.10. The van der Waals surface area contributed by atoms with E-state index in [-0.39, 0.29) is 5.91 Å². The third-order valence-electron chi connectivity index (χ3n) is 2.20. The Morgan fingerprint density at radius 2 is 2.29 bits per heavy atom. The topological polar surface area (TPSA) is 51.2 Å². The van der Waals surface area contributed by atoms with E-state index in [0.29, 0.717) is 29.6 Å². The van der Waals surface area contributed by atoms with Crippen LogP contribution in [-0.2, 0) is 0 Å². The Hall–Kier alpha value is -1.84. The first kappa shape index (κ1) is 13.2. The number of hydrogen-bond donors (Lipinski definition) is 1. The Morgan fingerprint density at radius 3 is 2.82 bits per heavy atom. The number of pyridine rings is 1. The maximum absolute atomic E-state index is 11.8. The molecule has 0 spiro atoms. The van der Waals surface area contributed by atoms with Gasteiger partial charge in [0.25, 0.3) is 5.91 Å². The van der Waals surface area contributed by atoms with Crippen molar-refractivity contribution < 1.29 is 9.53 Å². The number of hydrogen-bond acceptors (Lipinski definition) is 3. The van der Waals surface area contributed by atoms with Crippen LogP contribution in [0.2, 0.25) is 0 Å². The van der Waals surface area contributed by atoms with Crippen molar-refractivity contribution in [3.63, 3.8) is 0 Å². The molecule has 1 aromatic rings. The predicted octanol–water partition coefficient (Wildman–Crippen LogP) is 2.12. The Kier molecular flexibility index (Phi) is 4.69. The molecule has 0 bridgehead atoms. The van der Waals surface area contributed by atoms with Crippen molar-refractivity contribution in [1.29, 1.82) is 0 Å². The third-order valence-corrected chi connectivity index (χ3v) is 2.20. The van der Waals surface area contributed by atoms with Crippen LogP contribution in [-0.4, -0.2) is 24.5 Å². The number of rotatable bonds is 5. The molecule has 0 fully saturated rings. The molecule has 1 amide bonds. The summed E-state index contributed by atoms with van der Waals surface area (Å²) in [5, 5.41) is 2.81. The summed E-state index contributed by atoms with van der Waals surface area (Å²) >= 11 is 0. The molecule has 0 atom stereocenters. The Bertz CT molecular complexity index is 414. The van der Waals surface area contributed by atoms with E-state index in [1.54, 1.807) is 25.3 Å². The summed E-state index contributed by atoms with van der Waals surface area (Å²) in [5.41, 5.74) is 0.950. The second kappa shape index (κ2) is 6.03. The molecule has 1 rings (SSSR count). The van der Waals surface area contributed by atoms with Crippen LogP contribution in [0.25, 0.3) is 6.08 Å². The van der Waals surface area contributed by atoms with Gasteiger partial charge in [-0.25, -0.2) is 4.98 Å². The fraction of sp³-hybridized carbons (Fsp3) is 0.385. The van der Waals surface area contributed by atoms with Crippen LogP contribution in [0.5, 0.6) is 5.75 Å². The number of carbonyl (C=O) groups excluding carboxylic acids is 1. The van der Waals surface area contributed by atoms with Gasteiger partial charge in [-0.3, -0.25) is 4.79 Å². The van der Waals surface area contributed by atoms with Crippen LogP contribution in [0.15, 0.2) is 18.7 Å². The molecule has 1 aromatic heterocycles. The van der Waals surface area contributed by atoms with Crippen LogP contribution < -0.4 is 10.1 Å². The minimum Gasteiger partial charge on any atom is -0.494 e. The van der Waals surface area contributed by atoms with Crippen LogP contribution in [0.1, 0.15) is 30.0 Å². The van der Waals surface area contributed by atoms with Gasteiger partial charge in [0.2, 0.25) is 0 Å². The molecule has 17 heavy (non-hydrogen) atoms. The first-order chi connectivity index (χ1) is 8.08. The molecule has 0 aliphatic rings. The molecule has 4 heteroatoms. The molecule has 0 aliphatic carbocycles. The molecule has 1 N–H and O–H groups in total. The molecule has 92 valence electrons. The fourth-order valence-corrected chi connectivity index (χ4v) is 1.29. The van der Waals surface area contributed by atoms with Gasteiger partial charge >= 0.3 is 0 Å². The molecular formula is C13H18N2O2. The van der Waals surface area contributed by atoms with Gasteiger partial charge in [0.1, 0.15) is 17.1 Å². The van der Waals surface area contributed by atoms with Crippen LogP contribution in [0.3, 0.4) is 0 Å². The number of methoxy groups -OCH3 is 1. The minimum atomic E-state index is -0.176. The van der Waals surface area contributed by atoms with Crippen molar-refractivity contribution in [3.8, 4) is 5.75 Å². The molecule has 0 saturated heterocycles. The van der Waals surface area contributed by atoms with Crippen molar-refractivity contribution in [1.82, 2.24) is 10.3 Å². The van der Waals surface area contributed by atoms with Crippen LogP contribution in [0.4, 0.5) is 0 Å². The minimum absolute atomic E-state index is 0.176. The summed E-state index contributed by atoms with van der Waals surface area (Å²) in [6.07, 6.45) is 1.57. The maximum Gasteiger partial charge on any atom is 0.269 e. The Balaban J connectivity index is 2.84. The van der Waals surface area contributed by atoms with Gasteiger partial charge < -0.3 is 10.1 Å². The Morgan fingerprint density at radius 1 is 1.59 bits per heavy atom. The van der Waals surface area contributed by atoms with Crippen molar-refractivity contribution in [2.24, 2.45) is 5.92 Å². The zero-order valence-corrected chi connectivity index (χ0v) is 10.5. The van der Waals surface area contributed by atoms with Crippen LogP contribution in [0, 0.1) is 5.92 Å². The lowest BCUT2D eigenvalue weighted by Crippen LogP contribution is -2.28. The van der Waals surface area contributed by atoms with Gasteiger partial charge in [-0.1, -0.05) is 20.4 Å². The van der Waals surface area contributed by atoms with Gasteiger partial charge in [-0.2, -0.15) is 0 Å². The summed E-state index contributed by atoms with van der Waals surface area (Å²) in [6, 6.07) is 3.36. The van der Waals surface area contributed by atoms with E-state index in [1.807, 2.05) is 13.8 Å². The SMILES string of the molecule is C=Cc1nc(C(=O)NCC(C)C)ccc1OC. The molecule has 0 aliphatic heterocycles. The van der Waals surface area contributed by atoms with Crippen molar-refractivity contribution >= 4 is 12.0 Å². The Labute approximate surface area is 102 Å². The number of nitrogens with one attached hydrogen (secondary N) is 1. The van der Waals surface area contributed by atoms with Crippen molar-refractivity contribution in [2.75, 3.05) is 13.7 Å². The number of ether oxygens (including phenoxy) is 1. The third kappa shape index (κ3) is 3.59. The lowest BCUT2D eigenvalue weighted by Gasteiger charge is -2.09. The second-order valence-electron chi connectivity index (χ2n) is 4.09. The molecule has 4 nitrogen and oxygen atoms in total. The highest BCUT2D eigenvalue weighted by molar-refractivity contribution is 5.92. The van der Waals surface area contributed by atoms with E-state index < -0.39 is 0 Å². The van der Waals surface area contributed by atoms with E-state index >= 15 is 0 Å². The lowest BCUT2D eigenvalue weighted by molar-refractivity contribution is 0.0944. The molecule has 1 heterocycles. The quantitative estimate of drug-likeness (QED) is 0.849. The van der Waals surface area contributed by atoms with Gasteiger partial charge in [0, 0.05) is 6.54 Å². The van der Waals surface area contributed by atoms with Crippen molar-refractivity contribution in [3.05, 3.63) is 30.1 Å². The van der Waals surface area contributed by atoms with Gasteiger partial charge in [-0.05, 0) is 24.1 Å². The highest BCUT2D eigenvalue weighted by Crippen LogP contribution is 2.17. The van der Waals surface area contributed by atoms with E-state index in [4.69, 9.17) is 4.74 Å². The normalized spacial score (nSPS) is 10.1. The number of nitrogens with zero attached hydrogens (tertiary/aromatic N) is 1. The molecular weight excluding hydrogens is 216 g/mol. The van der Waals surface area contributed by atoms with E-state index in [1.165, 1.54) is 0 Å². The second-order valence-corrected chi connectivity index (χ2v) is 4.09. The number of aromatic nitrogens is 1. The van der Waals surface area contributed by atoms with Gasteiger partial charge in [0.05, 0.1) is 7.11 Å². The molecule has 0 radical (unpaired) electrons. The first-order valence-electron chi connectivity index (χ1n) is 5.54. The van der Waals surface area contributed by atoms with E-state index in [2.05, 4.69) is 16.9 Å². The highest BCUT2D eigenvalue weighted by atomic mass is 16.5. The summed E-state index contributed by atoms with van der Waals surface area (Å²) in [7, 11) is 1.56. The van der Waals surface area contributed by atoms with Crippen LogP contribution >= 0.6 is 0 Å². The number of amides is 1. The summed E-state index contributed by atoms with van der Waals surface area (Å²) in [5.74, 6) is 0.848. The number of carbonyl (C=O) groups is 1. The lowest BCUT2D eigenvalue weighted by atomic mass is 10.2. The molecule has 0 aromatic carbocycles. The zero-order chi connectivity index (χ0) is 12.8. The monoisotopic (exact) mass is 234 g/mol. The average Bonchev–Trinajstić information content (AvgIpc) is 2.34. The molecule has 0 saturated carbocycles. The highest BCUT2D eigenvalue weighted by Gasteiger charge is 2.10. The predicted molar refractivity (Wildman–Crippen MR) is 68.1 cm³/mol. The van der Waals surface area contributed by atoms with E-state index in [0.717, 1.165) is 0 Å². The smallest absolute Gasteiger partial charge is 0.269 e. The van der Waals surface area contributed by atoms with Crippen molar-refractivity contribution in [2.45, 2.75) is 13.8 Å². The fourth-order valence-electron chi connectivity index (χ4n) is 1.29. The molecule has 0 unspecified atom stereocenters. The zero-order valence-electron chi connectivity index (χ0n) is 10.5. The summed E-state index contributed by atoms with van der Waals surface area (Å²) in [6.45, 7) is 8.35. The first-order valence-corrected chi connectivity index (χ1v) is 5.54. The summed E-state index contributed by atoms with van der Waals surface area (Å²) in [4.78, 5) is 16.0. The largest absolute Gasteiger partial charge is 0.494 e. The average molecular weight is 234 g/mol. The standard InChI is InChI=1S/C13H18N2O2/c1-5-10-12(17-4)7-6-11(15-10)13(16)14-8-9(2)3/h5-7,9H,1,8H2,2-4H3,(H,14,16). The van der Waals surface area contributed by atoms with Gasteiger partial charge in [-0.15, -0.1) is 0 Å². The van der Waals surface area contributed by atoms with E-state index in [9.17, 15) is 4.79 Å². The van der Waals surface area contributed by atoms with Gasteiger partial charge in [0.15, 0.2) is 0 Å².